The molecule has 0 atom stereocenters. The van der Waals surface area contributed by atoms with Crippen LogP contribution in [0.25, 0.3) is 0 Å². The molecule has 1 N–H and O–H groups in total. The fourth-order valence-electron chi connectivity index (χ4n) is 1.42. The predicted octanol–water partition coefficient (Wildman–Crippen LogP) is 4.09. The molecule has 90 valence electrons. The summed E-state index contributed by atoms with van der Waals surface area (Å²) in [6.07, 6.45) is 3.26. The minimum absolute atomic E-state index is 0.156. The first-order valence-corrected chi connectivity index (χ1v) is 6.77. The molecule has 0 saturated heterocycles. The lowest BCUT2D eigenvalue weighted by molar-refractivity contribution is 0.573. The summed E-state index contributed by atoms with van der Waals surface area (Å²) in [7, 11) is 0. The first kappa shape index (κ1) is 13.9. The van der Waals surface area contributed by atoms with E-state index in [-0.39, 0.29) is 5.82 Å². The van der Waals surface area contributed by atoms with Crippen molar-refractivity contribution in [3.63, 3.8) is 0 Å². The van der Waals surface area contributed by atoms with Crippen molar-refractivity contribution in [1.82, 2.24) is 5.32 Å². The molecule has 4 heteroatoms. The number of halogens is 3. The lowest BCUT2D eigenvalue weighted by atomic mass is 10.2. The molecule has 0 bridgehead atoms. The van der Waals surface area contributed by atoms with Crippen LogP contribution < -0.4 is 5.32 Å². The van der Waals surface area contributed by atoms with Crippen molar-refractivity contribution >= 4 is 27.5 Å². The van der Waals surface area contributed by atoms with Crippen LogP contribution in [0.4, 0.5) is 4.39 Å². The zero-order chi connectivity index (χ0) is 11.8. The van der Waals surface area contributed by atoms with E-state index in [2.05, 4.69) is 21.2 Å². The van der Waals surface area contributed by atoms with Crippen LogP contribution in [0.5, 0.6) is 0 Å². The fraction of sp³-hybridized carbons (Fsp3) is 0.500. The van der Waals surface area contributed by atoms with Crippen molar-refractivity contribution < 1.29 is 4.39 Å². The van der Waals surface area contributed by atoms with Gasteiger partial charge >= 0.3 is 0 Å². The standard InChI is InChI=1S/C12H16BrClFN/c13-11-4-5-12(15)10(8-11)9-16-7-3-1-2-6-14/h4-5,8,16H,1-3,6-7,9H2. The van der Waals surface area contributed by atoms with Crippen molar-refractivity contribution in [3.05, 3.63) is 34.1 Å². The Morgan fingerprint density at radius 2 is 2.06 bits per heavy atom. The lowest BCUT2D eigenvalue weighted by Gasteiger charge is -2.06. The van der Waals surface area contributed by atoms with Gasteiger partial charge in [-0.15, -0.1) is 11.6 Å². The normalized spacial score (nSPS) is 10.7. The maximum Gasteiger partial charge on any atom is 0.127 e. The summed E-state index contributed by atoms with van der Waals surface area (Å²) in [6, 6.07) is 5.00. The third-order valence-corrected chi connectivity index (χ3v) is 3.07. The van der Waals surface area contributed by atoms with Gasteiger partial charge in [-0.25, -0.2) is 4.39 Å². The third-order valence-electron chi connectivity index (χ3n) is 2.31. The first-order chi connectivity index (χ1) is 7.74. The van der Waals surface area contributed by atoms with Crippen LogP contribution in [0.15, 0.2) is 22.7 Å². The van der Waals surface area contributed by atoms with Crippen molar-refractivity contribution in [3.8, 4) is 0 Å². The highest BCUT2D eigenvalue weighted by Gasteiger charge is 2.01. The van der Waals surface area contributed by atoms with Crippen LogP contribution in [0.1, 0.15) is 24.8 Å². The fourth-order valence-corrected chi connectivity index (χ4v) is 2.02. The highest BCUT2D eigenvalue weighted by molar-refractivity contribution is 9.10. The zero-order valence-electron chi connectivity index (χ0n) is 9.11. The first-order valence-electron chi connectivity index (χ1n) is 5.44. The Kier molecular flexibility index (Phi) is 7.01. The molecule has 0 aliphatic rings. The molecule has 1 rings (SSSR count). The number of hydrogen-bond donors (Lipinski definition) is 1. The van der Waals surface area contributed by atoms with Gasteiger partial charge in [-0.1, -0.05) is 22.4 Å². The molecule has 0 aliphatic heterocycles. The zero-order valence-corrected chi connectivity index (χ0v) is 11.5. The van der Waals surface area contributed by atoms with Crippen LogP contribution in [0, 0.1) is 5.82 Å². The third kappa shape index (κ3) is 5.28. The molecule has 0 saturated carbocycles. The summed E-state index contributed by atoms with van der Waals surface area (Å²) in [4.78, 5) is 0. The molecule has 1 aromatic rings. The number of unbranched alkanes of at least 4 members (excludes halogenated alkanes) is 2. The molecule has 16 heavy (non-hydrogen) atoms. The molecule has 0 fully saturated rings. The van der Waals surface area contributed by atoms with Gasteiger partial charge in [0, 0.05) is 22.5 Å². The van der Waals surface area contributed by atoms with E-state index in [0.717, 1.165) is 36.2 Å². The summed E-state index contributed by atoms with van der Waals surface area (Å²) in [5.74, 6) is 0.566. The van der Waals surface area contributed by atoms with Gasteiger partial charge in [-0.05, 0) is 37.6 Å². The molecule has 0 aliphatic carbocycles. The molecular weight excluding hydrogens is 292 g/mol. The van der Waals surface area contributed by atoms with Gasteiger partial charge in [0.1, 0.15) is 5.82 Å². The van der Waals surface area contributed by atoms with Gasteiger partial charge in [0.25, 0.3) is 0 Å². The van der Waals surface area contributed by atoms with E-state index in [9.17, 15) is 4.39 Å². The molecule has 0 radical (unpaired) electrons. The van der Waals surface area contributed by atoms with Gasteiger partial charge in [0.2, 0.25) is 0 Å². The second-order valence-electron chi connectivity index (χ2n) is 3.66. The Morgan fingerprint density at radius 1 is 1.25 bits per heavy atom. The van der Waals surface area contributed by atoms with E-state index in [1.807, 2.05) is 0 Å². The topological polar surface area (TPSA) is 12.0 Å². The van der Waals surface area contributed by atoms with Crippen molar-refractivity contribution in [2.24, 2.45) is 0 Å². The number of hydrogen-bond acceptors (Lipinski definition) is 1. The molecule has 1 aromatic carbocycles. The molecule has 0 spiro atoms. The Morgan fingerprint density at radius 3 is 2.81 bits per heavy atom. The van der Waals surface area contributed by atoms with E-state index >= 15 is 0 Å². The minimum atomic E-state index is -0.156. The van der Waals surface area contributed by atoms with E-state index in [1.54, 1.807) is 12.1 Å². The van der Waals surface area contributed by atoms with Crippen LogP contribution in [0.3, 0.4) is 0 Å². The summed E-state index contributed by atoms with van der Waals surface area (Å²) >= 11 is 8.90. The van der Waals surface area contributed by atoms with Gasteiger partial charge in [0.15, 0.2) is 0 Å². The Bertz CT molecular complexity index is 320. The molecular formula is C12H16BrClFN. The molecule has 0 aromatic heterocycles. The van der Waals surface area contributed by atoms with E-state index in [0.29, 0.717) is 12.1 Å². The van der Waals surface area contributed by atoms with Gasteiger partial charge in [-0.2, -0.15) is 0 Å². The largest absolute Gasteiger partial charge is 0.313 e. The van der Waals surface area contributed by atoms with Gasteiger partial charge in [-0.3, -0.25) is 0 Å². The number of alkyl halides is 1. The minimum Gasteiger partial charge on any atom is -0.313 e. The summed E-state index contributed by atoms with van der Waals surface area (Å²) < 4.78 is 14.2. The highest BCUT2D eigenvalue weighted by Crippen LogP contribution is 2.15. The summed E-state index contributed by atoms with van der Waals surface area (Å²) in [5, 5.41) is 3.22. The van der Waals surface area contributed by atoms with Gasteiger partial charge in [0.05, 0.1) is 0 Å². The van der Waals surface area contributed by atoms with Crippen LogP contribution in [-0.4, -0.2) is 12.4 Å². The smallest absolute Gasteiger partial charge is 0.127 e. The maximum atomic E-state index is 13.3. The van der Waals surface area contributed by atoms with E-state index in [4.69, 9.17) is 11.6 Å². The van der Waals surface area contributed by atoms with E-state index in [1.165, 1.54) is 6.07 Å². The van der Waals surface area contributed by atoms with Crippen LogP contribution in [-0.2, 0) is 6.54 Å². The molecule has 0 heterocycles. The second kappa shape index (κ2) is 8.04. The number of rotatable bonds is 7. The quantitative estimate of drug-likeness (QED) is 0.591. The Labute approximate surface area is 110 Å². The van der Waals surface area contributed by atoms with Crippen molar-refractivity contribution in [2.75, 3.05) is 12.4 Å². The number of benzene rings is 1. The van der Waals surface area contributed by atoms with Crippen molar-refractivity contribution in [2.45, 2.75) is 25.8 Å². The number of nitrogens with one attached hydrogen (secondary N) is 1. The Balaban J connectivity index is 2.23. The second-order valence-corrected chi connectivity index (χ2v) is 4.96. The SMILES string of the molecule is Fc1ccc(Br)cc1CNCCCCCCl. The van der Waals surface area contributed by atoms with Crippen LogP contribution >= 0.6 is 27.5 Å². The molecule has 1 nitrogen and oxygen atoms in total. The van der Waals surface area contributed by atoms with Crippen molar-refractivity contribution in [1.29, 1.82) is 0 Å². The monoisotopic (exact) mass is 307 g/mol. The average molecular weight is 309 g/mol. The summed E-state index contributed by atoms with van der Waals surface area (Å²) in [6.45, 7) is 1.48. The highest BCUT2D eigenvalue weighted by atomic mass is 79.9. The van der Waals surface area contributed by atoms with Crippen LogP contribution in [0.2, 0.25) is 0 Å². The predicted molar refractivity (Wildman–Crippen MR) is 70.4 cm³/mol. The average Bonchev–Trinajstić information content (AvgIpc) is 2.28. The molecule has 0 unspecified atom stereocenters. The summed E-state index contributed by atoms with van der Waals surface area (Å²) in [5.41, 5.74) is 0.701. The maximum absolute atomic E-state index is 13.3. The Hall–Kier alpha value is -0.120. The lowest BCUT2D eigenvalue weighted by Crippen LogP contribution is -2.15. The van der Waals surface area contributed by atoms with Gasteiger partial charge < -0.3 is 5.32 Å². The molecule has 0 amide bonds. The van der Waals surface area contributed by atoms with E-state index < -0.39 is 0 Å².